The number of aromatic nitrogens is 1. The maximum atomic E-state index is 11.3. The van der Waals surface area contributed by atoms with Gasteiger partial charge in [0.25, 0.3) is 0 Å². The van der Waals surface area contributed by atoms with Crippen LogP contribution in [0.15, 0.2) is 18.3 Å². The number of carbonyl (C=O) groups is 1. The Bertz CT molecular complexity index is 435. The van der Waals surface area contributed by atoms with E-state index in [4.69, 9.17) is 18.0 Å². The minimum Gasteiger partial charge on any atom is -0.389 e. The highest BCUT2D eigenvalue weighted by molar-refractivity contribution is 7.80. The summed E-state index contributed by atoms with van der Waals surface area (Å²) in [4.78, 5) is 17.2. The third kappa shape index (κ3) is 4.17. The van der Waals surface area contributed by atoms with E-state index in [9.17, 15) is 4.79 Å². The van der Waals surface area contributed by atoms with Gasteiger partial charge in [-0.25, -0.2) is 9.78 Å². The van der Waals surface area contributed by atoms with E-state index in [1.807, 2.05) is 0 Å². The molecule has 1 aromatic rings. The Kier molecular flexibility index (Phi) is 5.31. The number of carbonyl (C=O) groups excluding carboxylic acids is 1. The van der Waals surface area contributed by atoms with Crippen LogP contribution in [0.3, 0.4) is 0 Å². The van der Waals surface area contributed by atoms with Crippen LogP contribution in [0.4, 0.5) is 10.6 Å². The third-order valence-corrected chi connectivity index (χ3v) is 2.39. The average molecular weight is 267 g/mol. The fraction of sp³-hybridized carbons (Fsp3) is 0.364. The van der Waals surface area contributed by atoms with Gasteiger partial charge < -0.3 is 21.3 Å². The zero-order chi connectivity index (χ0) is 13.5. The molecule has 18 heavy (non-hydrogen) atoms. The van der Waals surface area contributed by atoms with E-state index in [0.29, 0.717) is 29.5 Å². The Labute approximate surface area is 112 Å². The van der Waals surface area contributed by atoms with Crippen molar-refractivity contribution in [2.24, 2.45) is 5.73 Å². The second kappa shape index (κ2) is 6.75. The van der Waals surface area contributed by atoms with Gasteiger partial charge in [0.05, 0.1) is 5.56 Å². The van der Waals surface area contributed by atoms with Crippen molar-refractivity contribution < 1.29 is 4.79 Å². The van der Waals surface area contributed by atoms with Gasteiger partial charge in [0, 0.05) is 33.4 Å². The SMILES string of the molecule is CN(C)C(=O)NCCNc1ncccc1C(N)=S. The van der Waals surface area contributed by atoms with Gasteiger partial charge in [-0.2, -0.15) is 0 Å². The first kappa shape index (κ1) is 14.2. The molecule has 4 N–H and O–H groups in total. The van der Waals surface area contributed by atoms with E-state index in [-0.39, 0.29) is 6.03 Å². The van der Waals surface area contributed by atoms with Crippen LogP contribution in [0.1, 0.15) is 5.56 Å². The summed E-state index contributed by atoms with van der Waals surface area (Å²) in [5.41, 5.74) is 6.28. The number of nitrogens with zero attached hydrogens (tertiary/aromatic N) is 2. The van der Waals surface area contributed by atoms with Crippen molar-refractivity contribution in [3.8, 4) is 0 Å². The van der Waals surface area contributed by atoms with Crippen molar-refractivity contribution in [3.05, 3.63) is 23.9 Å². The number of nitrogens with two attached hydrogens (primary N) is 1. The van der Waals surface area contributed by atoms with Crippen LogP contribution >= 0.6 is 12.2 Å². The molecule has 1 rings (SSSR count). The predicted molar refractivity (Wildman–Crippen MR) is 75.7 cm³/mol. The van der Waals surface area contributed by atoms with Gasteiger partial charge in [-0.15, -0.1) is 0 Å². The molecule has 0 aliphatic heterocycles. The van der Waals surface area contributed by atoms with Gasteiger partial charge in [0.1, 0.15) is 10.8 Å². The lowest BCUT2D eigenvalue weighted by Gasteiger charge is -2.13. The average Bonchev–Trinajstić information content (AvgIpc) is 2.34. The minimum atomic E-state index is -0.132. The molecule has 0 aliphatic carbocycles. The molecule has 98 valence electrons. The van der Waals surface area contributed by atoms with Gasteiger partial charge in [-0.1, -0.05) is 12.2 Å². The lowest BCUT2D eigenvalue weighted by Crippen LogP contribution is -2.37. The number of nitrogens with one attached hydrogen (secondary N) is 2. The number of pyridine rings is 1. The van der Waals surface area contributed by atoms with Crippen LogP contribution in [0.5, 0.6) is 0 Å². The summed E-state index contributed by atoms with van der Waals surface area (Å²) in [5.74, 6) is 0.629. The van der Waals surface area contributed by atoms with Crippen LogP contribution in [-0.2, 0) is 0 Å². The summed E-state index contributed by atoms with van der Waals surface area (Å²) in [6.07, 6.45) is 1.66. The Morgan fingerprint density at radius 3 is 2.83 bits per heavy atom. The normalized spacial score (nSPS) is 9.67. The van der Waals surface area contributed by atoms with Crippen LogP contribution < -0.4 is 16.4 Å². The van der Waals surface area contributed by atoms with E-state index in [2.05, 4.69) is 15.6 Å². The lowest BCUT2D eigenvalue weighted by molar-refractivity contribution is 0.218. The van der Waals surface area contributed by atoms with Crippen LogP contribution in [0.2, 0.25) is 0 Å². The molecular formula is C11H17N5OS. The first-order valence-corrected chi connectivity index (χ1v) is 5.87. The second-order valence-corrected chi connectivity index (χ2v) is 4.26. The molecule has 6 nitrogen and oxygen atoms in total. The highest BCUT2D eigenvalue weighted by atomic mass is 32.1. The van der Waals surface area contributed by atoms with E-state index in [1.165, 1.54) is 4.90 Å². The smallest absolute Gasteiger partial charge is 0.316 e. The van der Waals surface area contributed by atoms with Crippen LogP contribution in [-0.4, -0.2) is 48.1 Å². The number of urea groups is 1. The molecule has 0 radical (unpaired) electrons. The topological polar surface area (TPSA) is 83.3 Å². The summed E-state index contributed by atoms with van der Waals surface area (Å²) >= 11 is 4.93. The molecule has 2 amide bonds. The maximum Gasteiger partial charge on any atom is 0.316 e. The van der Waals surface area contributed by atoms with Gasteiger partial charge in [-0.3, -0.25) is 0 Å². The molecule has 0 fully saturated rings. The fourth-order valence-electron chi connectivity index (χ4n) is 1.25. The minimum absolute atomic E-state index is 0.132. The Balaban J connectivity index is 2.45. The number of thiocarbonyl (C=S) groups is 1. The molecule has 0 saturated carbocycles. The van der Waals surface area contributed by atoms with Crippen molar-refractivity contribution in [1.82, 2.24) is 15.2 Å². The largest absolute Gasteiger partial charge is 0.389 e. The standard InChI is InChI=1S/C11H17N5OS/c1-16(2)11(17)15-7-6-14-10-8(9(12)18)4-3-5-13-10/h3-5H,6-7H2,1-2H3,(H2,12,18)(H,13,14)(H,15,17). The summed E-state index contributed by atoms with van der Waals surface area (Å²) in [6, 6.07) is 3.44. The molecular weight excluding hydrogens is 250 g/mol. The zero-order valence-electron chi connectivity index (χ0n) is 10.4. The summed E-state index contributed by atoms with van der Waals surface area (Å²) in [7, 11) is 3.37. The molecule has 0 aromatic carbocycles. The molecule has 0 spiro atoms. The fourth-order valence-corrected chi connectivity index (χ4v) is 1.42. The van der Waals surface area contributed by atoms with Gasteiger partial charge >= 0.3 is 6.03 Å². The monoisotopic (exact) mass is 267 g/mol. The number of anilines is 1. The Hall–Kier alpha value is -1.89. The van der Waals surface area contributed by atoms with Gasteiger partial charge in [0.2, 0.25) is 0 Å². The molecule has 7 heteroatoms. The first-order chi connectivity index (χ1) is 8.52. The molecule has 0 atom stereocenters. The second-order valence-electron chi connectivity index (χ2n) is 3.82. The van der Waals surface area contributed by atoms with Crippen molar-refractivity contribution in [2.45, 2.75) is 0 Å². The van der Waals surface area contributed by atoms with Crippen molar-refractivity contribution in [3.63, 3.8) is 0 Å². The Morgan fingerprint density at radius 1 is 1.50 bits per heavy atom. The maximum absolute atomic E-state index is 11.3. The van der Waals surface area contributed by atoms with E-state index in [0.717, 1.165) is 0 Å². The number of amides is 2. The summed E-state index contributed by atoms with van der Waals surface area (Å²) in [5, 5.41) is 5.81. The Morgan fingerprint density at radius 2 is 2.22 bits per heavy atom. The molecule has 0 aliphatic rings. The predicted octanol–water partition coefficient (Wildman–Crippen LogP) is 0.399. The number of hydrogen-bond acceptors (Lipinski definition) is 4. The third-order valence-electron chi connectivity index (χ3n) is 2.17. The molecule has 0 saturated heterocycles. The molecule has 1 aromatic heterocycles. The molecule has 0 bridgehead atoms. The van der Waals surface area contributed by atoms with Crippen molar-refractivity contribution in [1.29, 1.82) is 0 Å². The number of rotatable bonds is 5. The zero-order valence-corrected chi connectivity index (χ0v) is 11.3. The van der Waals surface area contributed by atoms with Gasteiger partial charge in [-0.05, 0) is 12.1 Å². The van der Waals surface area contributed by atoms with Crippen LogP contribution in [0, 0.1) is 0 Å². The summed E-state index contributed by atoms with van der Waals surface area (Å²) in [6.45, 7) is 1.04. The lowest BCUT2D eigenvalue weighted by atomic mass is 10.2. The van der Waals surface area contributed by atoms with Crippen LogP contribution in [0.25, 0.3) is 0 Å². The first-order valence-electron chi connectivity index (χ1n) is 5.46. The van der Waals surface area contributed by atoms with E-state index in [1.54, 1.807) is 32.4 Å². The highest BCUT2D eigenvalue weighted by Crippen LogP contribution is 2.10. The highest BCUT2D eigenvalue weighted by Gasteiger charge is 2.05. The quantitative estimate of drug-likeness (QED) is 0.531. The summed E-state index contributed by atoms with van der Waals surface area (Å²) < 4.78 is 0. The molecule has 1 heterocycles. The van der Waals surface area contributed by atoms with E-state index < -0.39 is 0 Å². The van der Waals surface area contributed by atoms with Gasteiger partial charge in [0.15, 0.2) is 0 Å². The van der Waals surface area contributed by atoms with Crippen molar-refractivity contribution in [2.75, 3.05) is 32.5 Å². The molecule has 0 unspecified atom stereocenters. The van der Waals surface area contributed by atoms with E-state index >= 15 is 0 Å². The van der Waals surface area contributed by atoms with Crippen molar-refractivity contribution >= 4 is 29.1 Å². The number of hydrogen-bond donors (Lipinski definition) is 3.